The van der Waals surface area contributed by atoms with Gasteiger partial charge >= 0.3 is 5.97 Å². The molecule has 1 unspecified atom stereocenters. The maximum atomic E-state index is 12.4. The number of benzene rings is 1. The highest BCUT2D eigenvalue weighted by Gasteiger charge is 2.26. The topological polar surface area (TPSA) is 46.5 Å². The Morgan fingerprint density at radius 1 is 1.04 bits per heavy atom. The number of phenols is 1. The monoisotopic (exact) mass is 390 g/mol. The van der Waals surface area contributed by atoms with Gasteiger partial charge in [0.2, 0.25) is 0 Å². The Kier molecular flexibility index (Phi) is 8.59. The molecule has 3 nitrogen and oxygen atoms in total. The molecule has 3 heteroatoms. The zero-order valence-electron chi connectivity index (χ0n) is 19.6. The lowest BCUT2D eigenvalue weighted by atomic mass is 9.78. The fraction of sp³-hybridized carbons (Fsp3) is 0.720. The molecule has 0 aliphatic carbocycles. The van der Waals surface area contributed by atoms with Gasteiger partial charge in [0.25, 0.3) is 0 Å². The SMILES string of the molecule is CCCC(CC(C)C)OC(=O)CCc1cc(C(C)(C)C)c(O)c(C(C)(C)C)c1. The number of phenolic OH excluding ortho intramolecular Hbond substituents is 1. The Morgan fingerprint density at radius 3 is 1.93 bits per heavy atom. The van der Waals surface area contributed by atoms with Crippen molar-refractivity contribution in [2.75, 3.05) is 0 Å². The number of aromatic hydroxyl groups is 1. The van der Waals surface area contributed by atoms with Crippen molar-refractivity contribution in [1.29, 1.82) is 0 Å². The van der Waals surface area contributed by atoms with Crippen LogP contribution >= 0.6 is 0 Å². The minimum Gasteiger partial charge on any atom is -0.507 e. The molecular weight excluding hydrogens is 348 g/mol. The fourth-order valence-electron chi connectivity index (χ4n) is 3.55. The standard InChI is InChI=1S/C25H42O3/c1-10-11-19(14-17(2)3)28-22(26)13-12-18-15-20(24(4,5)6)23(27)21(16-18)25(7,8)9/h15-17,19,27H,10-14H2,1-9H3. The summed E-state index contributed by atoms with van der Waals surface area (Å²) in [7, 11) is 0. The quantitative estimate of drug-likeness (QED) is 0.504. The van der Waals surface area contributed by atoms with Gasteiger partial charge in [-0.25, -0.2) is 0 Å². The molecule has 0 radical (unpaired) electrons. The summed E-state index contributed by atoms with van der Waals surface area (Å²) in [5, 5.41) is 10.8. The number of aryl methyl sites for hydroxylation is 1. The van der Waals surface area contributed by atoms with E-state index in [4.69, 9.17) is 4.74 Å². The molecule has 1 aromatic carbocycles. The van der Waals surface area contributed by atoms with Crippen LogP contribution in [0.1, 0.15) is 105 Å². The molecule has 1 rings (SSSR count). The minimum atomic E-state index is -0.163. The normalized spacial score (nSPS) is 13.6. The average molecular weight is 391 g/mol. The van der Waals surface area contributed by atoms with E-state index in [9.17, 15) is 9.90 Å². The predicted molar refractivity (Wildman–Crippen MR) is 118 cm³/mol. The van der Waals surface area contributed by atoms with Crippen LogP contribution in [0, 0.1) is 5.92 Å². The van der Waals surface area contributed by atoms with Crippen molar-refractivity contribution in [1.82, 2.24) is 0 Å². The lowest BCUT2D eigenvalue weighted by Crippen LogP contribution is -2.21. The largest absolute Gasteiger partial charge is 0.507 e. The van der Waals surface area contributed by atoms with Crippen LogP contribution in [-0.4, -0.2) is 17.2 Å². The third-order valence-electron chi connectivity index (χ3n) is 5.05. The molecule has 0 amide bonds. The van der Waals surface area contributed by atoms with E-state index in [2.05, 4.69) is 74.4 Å². The summed E-state index contributed by atoms with van der Waals surface area (Å²) >= 11 is 0. The molecule has 1 atom stereocenters. The summed E-state index contributed by atoms with van der Waals surface area (Å²) in [6.45, 7) is 19.1. The Balaban J connectivity index is 2.98. The molecule has 0 heterocycles. The van der Waals surface area contributed by atoms with Crippen LogP contribution in [0.15, 0.2) is 12.1 Å². The van der Waals surface area contributed by atoms with Crippen LogP contribution in [0.4, 0.5) is 0 Å². The van der Waals surface area contributed by atoms with Crippen LogP contribution in [0.2, 0.25) is 0 Å². The van der Waals surface area contributed by atoms with E-state index >= 15 is 0 Å². The number of carbonyl (C=O) groups is 1. The van der Waals surface area contributed by atoms with Gasteiger partial charge < -0.3 is 9.84 Å². The van der Waals surface area contributed by atoms with Crippen molar-refractivity contribution in [2.24, 2.45) is 5.92 Å². The maximum absolute atomic E-state index is 12.4. The van der Waals surface area contributed by atoms with E-state index < -0.39 is 0 Å². The maximum Gasteiger partial charge on any atom is 0.306 e. The van der Waals surface area contributed by atoms with Crippen LogP contribution in [0.5, 0.6) is 5.75 Å². The first kappa shape index (κ1) is 24.5. The molecule has 0 aliphatic heterocycles. The number of esters is 1. The van der Waals surface area contributed by atoms with E-state index in [1.165, 1.54) is 0 Å². The van der Waals surface area contributed by atoms with E-state index in [0.29, 0.717) is 24.5 Å². The highest BCUT2D eigenvalue weighted by atomic mass is 16.5. The molecule has 28 heavy (non-hydrogen) atoms. The third kappa shape index (κ3) is 7.48. The fourth-order valence-corrected chi connectivity index (χ4v) is 3.55. The number of hydrogen-bond donors (Lipinski definition) is 1. The first-order valence-electron chi connectivity index (χ1n) is 10.8. The Bertz CT molecular complexity index is 610. The van der Waals surface area contributed by atoms with Crippen molar-refractivity contribution < 1.29 is 14.6 Å². The van der Waals surface area contributed by atoms with Gasteiger partial charge in [-0.2, -0.15) is 0 Å². The second-order valence-electron chi connectivity index (χ2n) is 10.6. The van der Waals surface area contributed by atoms with Gasteiger partial charge in [-0.1, -0.05) is 80.9 Å². The van der Waals surface area contributed by atoms with Crippen molar-refractivity contribution in [3.63, 3.8) is 0 Å². The molecule has 1 aromatic rings. The summed E-state index contributed by atoms with van der Waals surface area (Å²) in [4.78, 5) is 12.4. The summed E-state index contributed by atoms with van der Waals surface area (Å²) < 4.78 is 5.75. The minimum absolute atomic E-state index is 0.0209. The van der Waals surface area contributed by atoms with E-state index in [0.717, 1.165) is 36.0 Å². The van der Waals surface area contributed by atoms with Crippen molar-refractivity contribution >= 4 is 5.97 Å². The zero-order chi connectivity index (χ0) is 21.7. The van der Waals surface area contributed by atoms with E-state index in [1.807, 2.05) is 0 Å². The number of carbonyl (C=O) groups excluding carboxylic acids is 1. The molecule has 0 aromatic heterocycles. The van der Waals surface area contributed by atoms with Crippen molar-refractivity contribution in [2.45, 2.75) is 111 Å². The van der Waals surface area contributed by atoms with Crippen LogP contribution < -0.4 is 0 Å². The van der Waals surface area contributed by atoms with Crippen LogP contribution in [0.3, 0.4) is 0 Å². The molecular formula is C25H42O3. The smallest absolute Gasteiger partial charge is 0.306 e. The van der Waals surface area contributed by atoms with Gasteiger partial charge in [0.1, 0.15) is 11.9 Å². The number of ether oxygens (including phenoxy) is 1. The Labute approximate surface area is 172 Å². The summed E-state index contributed by atoms with van der Waals surface area (Å²) in [6.07, 6.45) is 3.88. The highest BCUT2D eigenvalue weighted by molar-refractivity contribution is 5.70. The second-order valence-corrected chi connectivity index (χ2v) is 10.6. The van der Waals surface area contributed by atoms with Crippen molar-refractivity contribution in [3.05, 3.63) is 28.8 Å². The number of hydrogen-bond acceptors (Lipinski definition) is 3. The zero-order valence-corrected chi connectivity index (χ0v) is 19.6. The predicted octanol–water partition coefficient (Wildman–Crippen LogP) is 6.68. The van der Waals surface area contributed by atoms with E-state index in [1.54, 1.807) is 0 Å². The molecule has 160 valence electrons. The van der Waals surface area contributed by atoms with Gasteiger partial charge in [0.05, 0.1) is 0 Å². The molecule has 0 bridgehead atoms. The lowest BCUT2D eigenvalue weighted by molar-refractivity contribution is -0.150. The van der Waals surface area contributed by atoms with Gasteiger partial charge in [0, 0.05) is 6.42 Å². The summed E-state index contributed by atoms with van der Waals surface area (Å²) in [5.41, 5.74) is 2.63. The molecule has 0 fully saturated rings. The molecule has 0 saturated heterocycles. The Hall–Kier alpha value is -1.51. The van der Waals surface area contributed by atoms with Gasteiger partial charge in [-0.15, -0.1) is 0 Å². The molecule has 0 spiro atoms. The van der Waals surface area contributed by atoms with Crippen molar-refractivity contribution in [3.8, 4) is 5.75 Å². The van der Waals surface area contributed by atoms with Gasteiger partial charge in [-0.3, -0.25) is 4.79 Å². The van der Waals surface area contributed by atoms with E-state index in [-0.39, 0.29) is 22.9 Å². The number of rotatable bonds is 8. The average Bonchev–Trinajstić information content (AvgIpc) is 2.51. The molecule has 1 N–H and O–H groups in total. The Morgan fingerprint density at radius 2 is 1.54 bits per heavy atom. The first-order valence-corrected chi connectivity index (χ1v) is 10.8. The van der Waals surface area contributed by atoms with Crippen LogP contribution in [0.25, 0.3) is 0 Å². The first-order chi connectivity index (χ1) is 12.8. The second kappa shape index (κ2) is 9.80. The lowest BCUT2D eigenvalue weighted by Gasteiger charge is -2.28. The molecule has 0 saturated carbocycles. The third-order valence-corrected chi connectivity index (χ3v) is 5.05. The van der Waals surface area contributed by atoms with Gasteiger partial charge in [0.15, 0.2) is 0 Å². The highest BCUT2D eigenvalue weighted by Crippen LogP contribution is 2.40. The molecule has 0 aliphatic rings. The van der Waals surface area contributed by atoms with Gasteiger partial charge in [-0.05, 0) is 52.7 Å². The summed E-state index contributed by atoms with van der Waals surface area (Å²) in [6, 6.07) is 4.10. The van der Waals surface area contributed by atoms with Crippen LogP contribution in [-0.2, 0) is 26.8 Å². The summed E-state index contributed by atoms with van der Waals surface area (Å²) in [5.74, 6) is 0.776.